The molecule has 0 atom stereocenters. The van der Waals surface area contributed by atoms with Gasteiger partial charge in [-0.15, -0.1) is 11.3 Å². The number of thiazole rings is 1. The van der Waals surface area contributed by atoms with E-state index in [1.54, 1.807) is 13.2 Å². The summed E-state index contributed by atoms with van der Waals surface area (Å²) >= 11 is 1.52. The number of amides is 1. The number of methoxy groups -OCH3 is 1. The predicted molar refractivity (Wildman–Crippen MR) is 72.5 cm³/mol. The van der Waals surface area contributed by atoms with Gasteiger partial charge in [-0.3, -0.25) is 4.79 Å². The summed E-state index contributed by atoms with van der Waals surface area (Å²) < 4.78 is 5.11. The average Bonchev–Trinajstić information content (AvgIpc) is 2.69. The minimum Gasteiger partial charge on any atom is -0.497 e. The van der Waals surface area contributed by atoms with Crippen molar-refractivity contribution in [2.45, 2.75) is 13.8 Å². The number of carbonyl (C=O) groups excluding carboxylic acids is 1. The van der Waals surface area contributed by atoms with E-state index < -0.39 is 0 Å². The molecule has 0 radical (unpaired) electrons. The number of hydrogen-bond donors (Lipinski definition) is 1. The number of hydrogen-bond acceptors (Lipinski definition) is 4. The molecule has 0 fully saturated rings. The number of nitrogens with one attached hydrogen (secondary N) is 1. The van der Waals surface area contributed by atoms with Crippen LogP contribution in [-0.4, -0.2) is 18.0 Å². The molecule has 1 amide bonds. The molecule has 0 aliphatic rings. The Labute approximate surface area is 110 Å². The van der Waals surface area contributed by atoms with Gasteiger partial charge < -0.3 is 10.1 Å². The second-order valence-corrected chi connectivity index (χ2v) is 5.23. The summed E-state index contributed by atoms with van der Waals surface area (Å²) in [7, 11) is 1.59. The predicted octanol–water partition coefficient (Wildman–Crippen LogP) is 3.02. The maximum atomic E-state index is 12.0. The Kier molecular flexibility index (Phi) is 3.62. The fourth-order valence-electron chi connectivity index (χ4n) is 1.63. The van der Waals surface area contributed by atoms with E-state index in [0.29, 0.717) is 17.1 Å². The quantitative estimate of drug-likeness (QED) is 0.925. The van der Waals surface area contributed by atoms with Crippen molar-refractivity contribution in [2.75, 3.05) is 12.4 Å². The lowest BCUT2D eigenvalue weighted by Crippen LogP contribution is -2.13. The van der Waals surface area contributed by atoms with Gasteiger partial charge in [0.2, 0.25) is 0 Å². The summed E-state index contributed by atoms with van der Waals surface area (Å²) in [6.45, 7) is 3.78. The third-order valence-corrected chi connectivity index (χ3v) is 3.33. The Morgan fingerprint density at radius 3 is 2.78 bits per heavy atom. The van der Waals surface area contributed by atoms with Crippen LogP contribution in [0.4, 0.5) is 5.69 Å². The molecule has 5 heteroatoms. The summed E-state index contributed by atoms with van der Waals surface area (Å²) in [5.41, 5.74) is 1.18. The third-order valence-electron chi connectivity index (χ3n) is 2.45. The number of aromatic nitrogens is 1. The summed E-state index contributed by atoms with van der Waals surface area (Å²) in [6.07, 6.45) is 0. The molecule has 0 aliphatic heterocycles. The molecular formula is C13H14N2O2S. The lowest BCUT2D eigenvalue weighted by atomic mass is 10.3. The van der Waals surface area contributed by atoms with E-state index in [-0.39, 0.29) is 5.91 Å². The van der Waals surface area contributed by atoms with Gasteiger partial charge in [0.25, 0.3) is 5.91 Å². The first kappa shape index (κ1) is 12.6. The van der Waals surface area contributed by atoms with Crippen molar-refractivity contribution in [1.29, 1.82) is 0 Å². The number of rotatable bonds is 3. The molecule has 0 saturated carbocycles. The fourth-order valence-corrected chi connectivity index (χ4v) is 2.45. The summed E-state index contributed by atoms with van der Waals surface area (Å²) in [5, 5.41) is 3.70. The van der Waals surface area contributed by atoms with Crippen LogP contribution in [0, 0.1) is 13.8 Å². The molecule has 2 rings (SSSR count). The van der Waals surface area contributed by atoms with Crippen LogP contribution in [0.5, 0.6) is 5.75 Å². The first-order valence-electron chi connectivity index (χ1n) is 5.49. The minimum atomic E-state index is -0.190. The van der Waals surface area contributed by atoms with Crippen LogP contribution in [0.25, 0.3) is 0 Å². The Morgan fingerprint density at radius 2 is 2.17 bits per heavy atom. The van der Waals surface area contributed by atoms with Crippen molar-refractivity contribution in [3.63, 3.8) is 0 Å². The SMILES string of the molecule is COc1cccc(NC(=O)c2nc(C)sc2C)c1. The van der Waals surface area contributed by atoms with Gasteiger partial charge in [-0.1, -0.05) is 6.07 Å². The molecule has 0 spiro atoms. The number of nitrogens with zero attached hydrogens (tertiary/aromatic N) is 1. The molecule has 0 unspecified atom stereocenters. The standard InChI is InChI=1S/C13H14N2O2S/c1-8-12(14-9(2)18-8)13(16)15-10-5-4-6-11(7-10)17-3/h4-7H,1-3H3,(H,15,16). The topological polar surface area (TPSA) is 51.2 Å². The molecule has 1 aromatic carbocycles. The molecular weight excluding hydrogens is 248 g/mol. The summed E-state index contributed by atoms with van der Waals surface area (Å²) in [4.78, 5) is 17.2. The first-order chi connectivity index (χ1) is 8.60. The highest BCUT2D eigenvalue weighted by Gasteiger charge is 2.14. The highest BCUT2D eigenvalue weighted by atomic mass is 32.1. The van der Waals surface area contributed by atoms with Gasteiger partial charge in [0, 0.05) is 16.6 Å². The van der Waals surface area contributed by atoms with Crippen molar-refractivity contribution in [2.24, 2.45) is 0 Å². The van der Waals surface area contributed by atoms with Crippen LogP contribution in [0.15, 0.2) is 24.3 Å². The van der Waals surface area contributed by atoms with Crippen molar-refractivity contribution in [1.82, 2.24) is 4.98 Å². The first-order valence-corrected chi connectivity index (χ1v) is 6.31. The minimum absolute atomic E-state index is 0.190. The summed E-state index contributed by atoms with van der Waals surface area (Å²) in [6, 6.07) is 7.24. The molecule has 4 nitrogen and oxygen atoms in total. The molecule has 18 heavy (non-hydrogen) atoms. The van der Waals surface area contributed by atoms with Gasteiger partial charge >= 0.3 is 0 Å². The van der Waals surface area contributed by atoms with Gasteiger partial charge in [-0.2, -0.15) is 0 Å². The zero-order valence-electron chi connectivity index (χ0n) is 10.5. The molecule has 94 valence electrons. The second-order valence-electron chi connectivity index (χ2n) is 3.82. The van der Waals surface area contributed by atoms with E-state index in [1.165, 1.54) is 11.3 Å². The van der Waals surface area contributed by atoms with Gasteiger partial charge in [0.1, 0.15) is 11.4 Å². The van der Waals surface area contributed by atoms with E-state index in [0.717, 1.165) is 9.88 Å². The van der Waals surface area contributed by atoms with E-state index >= 15 is 0 Å². The van der Waals surface area contributed by atoms with E-state index in [4.69, 9.17) is 4.74 Å². The third kappa shape index (κ3) is 2.68. The number of anilines is 1. The Hall–Kier alpha value is -1.88. The molecule has 0 saturated heterocycles. The van der Waals surface area contributed by atoms with Crippen LogP contribution in [-0.2, 0) is 0 Å². The van der Waals surface area contributed by atoms with E-state index in [2.05, 4.69) is 10.3 Å². The smallest absolute Gasteiger partial charge is 0.275 e. The van der Waals surface area contributed by atoms with Gasteiger partial charge in [-0.25, -0.2) is 4.98 Å². The molecule has 1 heterocycles. The monoisotopic (exact) mass is 262 g/mol. The van der Waals surface area contributed by atoms with Crippen molar-refractivity contribution in [3.8, 4) is 5.75 Å². The maximum Gasteiger partial charge on any atom is 0.275 e. The van der Waals surface area contributed by atoms with Crippen LogP contribution in [0.2, 0.25) is 0 Å². The van der Waals surface area contributed by atoms with Gasteiger partial charge in [0.15, 0.2) is 0 Å². The van der Waals surface area contributed by atoms with Crippen LogP contribution < -0.4 is 10.1 Å². The summed E-state index contributed by atoms with van der Waals surface area (Å²) in [5.74, 6) is 0.518. The molecule has 2 aromatic rings. The lowest BCUT2D eigenvalue weighted by molar-refractivity contribution is 0.102. The highest BCUT2D eigenvalue weighted by molar-refractivity contribution is 7.11. The molecule has 0 aliphatic carbocycles. The van der Waals surface area contributed by atoms with Crippen molar-refractivity contribution >= 4 is 22.9 Å². The zero-order valence-corrected chi connectivity index (χ0v) is 11.3. The second kappa shape index (κ2) is 5.18. The Balaban J connectivity index is 2.18. The molecule has 1 aromatic heterocycles. The zero-order chi connectivity index (χ0) is 13.1. The molecule has 1 N–H and O–H groups in total. The van der Waals surface area contributed by atoms with Crippen LogP contribution >= 0.6 is 11.3 Å². The van der Waals surface area contributed by atoms with Crippen LogP contribution in [0.1, 0.15) is 20.4 Å². The number of benzene rings is 1. The van der Waals surface area contributed by atoms with Crippen molar-refractivity contribution < 1.29 is 9.53 Å². The van der Waals surface area contributed by atoms with Gasteiger partial charge in [0.05, 0.1) is 12.1 Å². The van der Waals surface area contributed by atoms with Crippen molar-refractivity contribution in [3.05, 3.63) is 39.8 Å². The average molecular weight is 262 g/mol. The number of ether oxygens (including phenoxy) is 1. The normalized spacial score (nSPS) is 10.2. The Morgan fingerprint density at radius 1 is 1.39 bits per heavy atom. The maximum absolute atomic E-state index is 12.0. The highest BCUT2D eigenvalue weighted by Crippen LogP contribution is 2.20. The van der Waals surface area contributed by atoms with E-state index in [9.17, 15) is 4.79 Å². The van der Waals surface area contributed by atoms with Crippen LogP contribution in [0.3, 0.4) is 0 Å². The number of aryl methyl sites for hydroxylation is 2. The largest absolute Gasteiger partial charge is 0.497 e. The fraction of sp³-hybridized carbons (Fsp3) is 0.231. The Bertz CT molecular complexity index is 578. The lowest BCUT2D eigenvalue weighted by Gasteiger charge is -2.05. The number of carbonyl (C=O) groups is 1. The van der Waals surface area contributed by atoms with E-state index in [1.807, 2.05) is 32.0 Å². The molecule has 0 bridgehead atoms. The van der Waals surface area contributed by atoms with Gasteiger partial charge in [-0.05, 0) is 26.0 Å².